The van der Waals surface area contributed by atoms with Gasteiger partial charge < -0.3 is 9.47 Å². The Morgan fingerprint density at radius 3 is 2.24 bits per heavy atom. The van der Waals surface area contributed by atoms with Gasteiger partial charge in [-0.05, 0) is 30.7 Å². The van der Waals surface area contributed by atoms with Gasteiger partial charge >= 0.3 is 18.5 Å². The van der Waals surface area contributed by atoms with Gasteiger partial charge in [0.1, 0.15) is 5.75 Å². The third-order valence-corrected chi connectivity index (χ3v) is 2.26. The second-order valence-electron chi connectivity index (χ2n) is 3.85. The molecule has 0 spiro atoms. The number of halogens is 6. The fourth-order valence-corrected chi connectivity index (χ4v) is 1.56. The minimum Gasteiger partial charge on any atom is -0.466 e. The molecule has 0 amide bonds. The number of hydrogen-bond acceptors (Lipinski definition) is 3. The molecule has 0 unspecified atom stereocenters. The standard InChI is InChI=1S/C12H10F6O3/c1-2-20-10(19)6-7-5-8(21-12(16,17)18)3-4-9(7)11(13,14)15/h3-5H,2,6H2,1H3. The van der Waals surface area contributed by atoms with Crippen LogP contribution in [0, 0.1) is 0 Å². The molecule has 0 aliphatic rings. The van der Waals surface area contributed by atoms with Crippen LogP contribution in [0.5, 0.6) is 5.75 Å². The van der Waals surface area contributed by atoms with E-state index in [4.69, 9.17) is 0 Å². The Labute approximate surface area is 115 Å². The number of ether oxygens (including phenoxy) is 2. The smallest absolute Gasteiger partial charge is 0.466 e. The Balaban J connectivity index is 3.14. The highest BCUT2D eigenvalue weighted by Gasteiger charge is 2.36. The molecule has 0 saturated carbocycles. The van der Waals surface area contributed by atoms with Crippen molar-refractivity contribution in [3.8, 4) is 5.75 Å². The Morgan fingerprint density at radius 2 is 1.76 bits per heavy atom. The summed E-state index contributed by atoms with van der Waals surface area (Å²) in [5.41, 5.74) is -1.87. The molecule has 0 aliphatic carbocycles. The molecule has 1 aromatic rings. The molecule has 0 fully saturated rings. The Morgan fingerprint density at radius 1 is 1.14 bits per heavy atom. The molecule has 3 nitrogen and oxygen atoms in total. The number of hydrogen-bond donors (Lipinski definition) is 0. The van der Waals surface area contributed by atoms with Gasteiger partial charge in [-0.2, -0.15) is 13.2 Å². The maximum Gasteiger partial charge on any atom is 0.573 e. The van der Waals surface area contributed by atoms with E-state index in [1.54, 1.807) is 0 Å². The largest absolute Gasteiger partial charge is 0.573 e. The minimum atomic E-state index is -5.04. The average Bonchev–Trinajstić information content (AvgIpc) is 2.25. The number of alkyl halides is 6. The van der Waals surface area contributed by atoms with Crippen molar-refractivity contribution >= 4 is 5.97 Å². The van der Waals surface area contributed by atoms with E-state index in [2.05, 4.69) is 9.47 Å². The van der Waals surface area contributed by atoms with Crippen LogP contribution in [0.3, 0.4) is 0 Å². The summed E-state index contributed by atoms with van der Waals surface area (Å²) in [5.74, 6) is -1.82. The Bertz CT molecular complexity index is 507. The van der Waals surface area contributed by atoms with E-state index in [1.807, 2.05) is 0 Å². The highest BCUT2D eigenvalue weighted by Crippen LogP contribution is 2.35. The normalized spacial score (nSPS) is 12.1. The van der Waals surface area contributed by atoms with E-state index in [-0.39, 0.29) is 6.61 Å². The number of carbonyl (C=O) groups excluding carboxylic acids is 1. The number of benzene rings is 1. The van der Waals surface area contributed by atoms with Crippen LogP contribution in [0.15, 0.2) is 18.2 Å². The Hall–Kier alpha value is -1.93. The molecule has 0 bridgehead atoms. The van der Waals surface area contributed by atoms with E-state index in [1.165, 1.54) is 6.92 Å². The molecule has 0 aromatic heterocycles. The predicted molar refractivity (Wildman–Crippen MR) is 58.5 cm³/mol. The van der Waals surface area contributed by atoms with Crippen LogP contribution < -0.4 is 4.74 Å². The molecule has 1 aromatic carbocycles. The highest BCUT2D eigenvalue weighted by atomic mass is 19.4. The van der Waals surface area contributed by atoms with E-state index in [0.29, 0.717) is 18.2 Å². The minimum absolute atomic E-state index is 0.0566. The van der Waals surface area contributed by atoms with Crippen molar-refractivity contribution in [2.24, 2.45) is 0 Å². The van der Waals surface area contributed by atoms with Gasteiger partial charge in [0.15, 0.2) is 0 Å². The number of esters is 1. The first kappa shape index (κ1) is 17.1. The summed E-state index contributed by atoms with van der Waals surface area (Å²) in [4.78, 5) is 11.2. The van der Waals surface area contributed by atoms with Crippen molar-refractivity contribution in [3.05, 3.63) is 29.3 Å². The molecular weight excluding hydrogens is 306 g/mol. The van der Waals surface area contributed by atoms with Crippen LogP contribution in [0.25, 0.3) is 0 Å². The molecule has 0 saturated heterocycles. The summed E-state index contributed by atoms with van der Waals surface area (Å²) in [6.07, 6.45) is -10.7. The number of rotatable bonds is 4. The van der Waals surface area contributed by atoms with Crippen LogP contribution >= 0.6 is 0 Å². The zero-order valence-corrected chi connectivity index (χ0v) is 10.6. The maximum absolute atomic E-state index is 12.7. The second kappa shape index (κ2) is 6.23. The van der Waals surface area contributed by atoms with Crippen molar-refractivity contribution in [2.45, 2.75) is 25.9 Å². The van der Waals surface area contributed by atoms with Crippen molar-refractivity contribution in [1.29, 1.82) is 0 Å². The van der Waals surface area contributed by atoms with E-state index in [0.717, 1.165) is 0 Å². The lowest BCUT2D eigenvalue weighted by Gasteiger charge is -2.15. The summed E-state index contributed by atoms with van der Waals surface area (Å²) in [5, 5.41) is 0. The number of carbonyl (C=O) groups is 1. The summed E-state index contributed by atoms with van der Waals surface area (Å²) in [6, 6.07) is 1.48. The molecular formula is C12H10F6O3. The van der Waals surface area contributed by atoms with E-state index >= 15 is 0 Å². The van der Waals surface area contributed by atoms with Crippen LogP contribution in [0.2, 0.25) is 0 Å². The SMILES string of the molecule is CCOC(=O)Cc1cc(OC(F)(F)F)ccc1C(F)(F)F. The van der Waals surface area contributed by atoms with Gasteiger partial charge in [0.2, 0.25) is 0 Å². The lowest BCUT2D eigenvalue weighted by molar-refractivity contribution is -0.274. The van der Waals surface area contributed by atoms with Gasteiger partial charge in [0.25, 0.3) is 0 Å². The first-order valence-electron chi connectivity index (χ1n) is 5.64. The van der Waals surface area contributed by atoms with Gasteiger partial charge in [0, 0.05) is 0 Å². The second-order valence-corrected chi connectivity index (χ2v) is 3.85. The summed E-state index contributed by atoms with van der Waals surface area (Å²) < 4.78 is 82.4. The summed E-state index contributed by atoms with van der Waals surface area (Å²) in [6.45, 7) is 1.39. The summed E-state index contributed by atoms with van der Waals surface area (Å²) >= 11 is 0. The predicted octanol–water partition coefficient (Wildman–Crippen LogP) is 3.71. The molecule has 1 rings (SSSR count). The first-order chi connectivity index (χ1) is 9.53. The van der Waals surface area contributed by atoms with Crippen LogP contribution in [0.1, 0.15) is 18.1 Å². The van der Waals surface area contributed by atoms with Gasteiger partial charge in [-0.25, -0.2) is 0 Å². The van der Waals surface area contributed by atoms with Crippen LogP contribution in [0.4, 0.5) is 26.3 Å². The van der Waals surface area contributed by atoms with Crippen LogP contribution in [-0.4, -0.2) is 18.9 Å². The fourth-order valence-electron chi connectivity index (χ4n) is 1.56. The molecule has 0 radical (unpaired) electrons. The van der Waals surface area contributed by atoms with Crippen LogP contribution in [-0.2, 0) is 22.1 Å². The topological polar surface area (TPSA) is 35.5 Å². The average molecular weight is 316 g/mol. The lowest BCUT2D eigenvalue weighted by Crippen LogP contribution is -2.19. The third kappa shape index (κ3) is 5.52. The molecule has 0 heterocycles. The zero-order chi connectivity index (χ0) is 16.3. The first-order valence-corrected chi connectivity index (χ1v) is 5.64. The maximum atomic E-state index is 12.7. The van der Waals surface area contributed by atoms with E-state index in [9.17, 15) is 31.1 Å². The molecule has 21 heavy (non-hydrogen) atoms. The molecule has 118 valence electrons. The Kier molecular flexibility index (Phi) is 5.08. The molecule has 0 N–H and O–H groups in total. The molecule has 9 heteroatoms. The van der Waals surface area contributed by atoms with E-state index < -0.39 is 41.8 Å². The van der Waals surface area contributed by atoms with Crippen molar-refractivity contribution in [2.75, 3.05) is 6.61 Å². The van der Waals surface area contributed by atoms with Crippen molar-refractivity contribution in [3.63, 3.8) is 0 Å². The monoisotopic (exact) mass is 316 g/mol. The molecule has 0 aliphatic heterocycles. The van der Waals surface area contributed by atoms with Gasteiger partial charge in [0.05, 0.1) is 18.6 Å². The highest BCUT2D eigenvalue weighted by molar-refractivity contribution is 5.73. The quantitative estimate of drug-likeness (QED) is 0.627. The van der Waals surface area contributed by atoms with Crippen molar-refractivity contribution in [1.82, 2.24) is 0 Å². The lowest BCUT2D eigenvalue weighted by atomic mass is 10.0. The van der Waals surface area contributed by atoms with Gasteiger partial charge in [-0.3, -0.25) is 4.79 Å². The third-order valence-electron chi connectivity index (χ3n) is 2.26. The fraction of sp³-hybridized carbons (Fsp3) is 0.417. The zero-order valence-electron chi connectivity index (χ0n) is 10.6. The van der Waals surface area contributed by atoms with Gasteiger partial charge in [-0.1, -0.05) is 0 Å². The van der Waals surface area contributed by atoms with Gasteiger partial charge in [-0.15, -0.1) is 13.2 Å². The molecule has 0 atom stereocenters. The van der Waals surface area contributed by atoms with Crippen molar-refractivity contribution < 1.29 is 40.6 Å². The summed E-state index contributed by atoms with van der Waals surface area (Å²) in [7, 11) is 0.